The van der Waals surface area contributed by atoms with E-state index in [1.54, 1.807) is 25.4 Å². The Morgan fingerprint density at radius 3 is 2.77 bits per heavy atom. The van der Waals surface area contributed by atoms with Gasteiger partial charge in [0.2, 0.25) is 0 Å². The van der Waals surface area contributed by atoms with Crippen LogP contribution in [0.15, 0.2) is 65.7 Å². The largest absolute Gasteiger partial charge is 0.382 e. The van der Waals surface area contributed by atoms with E-state index in [1.807, 2.05) is 30.3 Å². The van der Waals surface area contributed by atoms with Crippen molar-refractivity contribution in [2.45, 2.75) is 36.3 Å². The second-order valence-corrected chi connectivity index (χ2v) is 12.0. The zero-order valence-corrected chi connectivity index (χ0v) is 22.3. The van der Waals surface area contributed by atoms with Gasteiger partial charge in [-0.05, 0) is 60.9 Å². The van der Waals surface area contributed by atoms with Gasteiger partial charge in [-0.3, -0.25) is 14.8 Å². The maximum atomic E-state index is 13.2. The van der Waals surface area contributed by atoms with Crippen molar-refractivity contribution in [2.24, 2.45) is 0 Å². The summed E-state index contributed by atoms with van der Waals surface area (Å²) in [5.41, 5.74) is 4.79. The quantitative estimate of drug-likeness (QED) is 0.371. The second-order valence-electron chi connectivity index (χ2n) is 9.90. The van der Waals surface area contributed by atoms with Gasteiger partial charge in [0.05, 0.1) is 59.1 Å². The van der Waals surface area contributed by atoms with Crippen molar-refractivity contribution in [3.63, 3.8) is 0 Å². The molecule has 4 heterocycles. The number of nitrogens with zero attached hydrogens (tertiary/aromatic N) is 3. The summed E-state index contributed by atoms with van der Waals surface area (Å²) in [4.78, 5) is 27.6. The standard InChI is InChI=1S/C29H28N4O5S/c1-37-17-27(33-29(34)19-7-8-21-16-38-11-12-39(35,36)28(21)13-19)26-14-25-20(15-30-26)9-10-24(32-25)23-4-2-3-22(31-23)18-5-6-18/h2-4,7-10,13-15,18,27H,5-6,11-12,16-17H2,1H3,(H,33,34)/t27-/m0/s1. The van der Waals surface area contributed by atoms with Gasteiger partial charge in [-0.15, -0.1) is 0 Å². The molecule has 1 aromatic carbocycles. The van der Waals surface area contributed by atoms with Gasteiger partial charge in [0.25, 0.3) is 5.91 Å². The van der Waals surface area contributed by atoms with Crippen LogP contribution in [0.3, 0.4) is 0 Å². The number of methoxy groups -OCH3 is 1. The average Bonchev–Trinajstić information content (AvgIpc) is 3.81. The molecule has 0 spiro atoms. The minimum absolute atomic E-state index is 0.117. The number of aromatic nitrogens is 3. The van der Waals surface area contributed by atoms with Crippen LogP contribution < -0.4 is 5.32 Å². The van der Waals surface area contributed by atoms with Crippen molar-refractivity contribution in [3.05, 3.63) is 83.3 Å². The highest BCUT2D eigenvalue weighted by molar-refractivity contribution is 7.91. The number of pyridine rings is 3. The topological polar surface area (TPSA) is 120 Å². The highest BCUT2D eigenvalue weighted by atomic mass is 32.2. The van der Waals surface area contributed by atoms with Gasteiger partial charge in [0.15, 0.2) is 9.84 Å². The zero-order chi connectivity index (χ0) is 27.0. The molecule has 9 nitrogen and oxygen atoms in total. The molecule has 1 aliphatic carbocycles. The van der Waals surface area contributed by atoms with Crippen LogP contribution in [-0.4, -0.2) is 55.4 Å². The number of ether oxygens (including phenoxy) is 2. The van der Waals surface area contributed by atoms with Crippen molar-refractivity contribution in [1.82, 2.24) is 20.3 Å². The molecule has 0 radical (unpaired) electrons. The first-order valence-corrected chi connectivity index (χ1v) is 14.5. The number of benzene rings is 1. The molecule has 1 atom stereocenters. The van der Waals surface area contributed by atoms with Crippen LogP contribution in [0.2, 0.25) is 0 Å². The second kappa shape index (κ2) is 10.4. The molecular formula is C29H28N4O5S. The van der Waals surface area contributed by atoms with Gasteiger partial charge in [0.1, 0.15) is 0 Å². The molecule has 0 bridgehead atoms. The maximum absolute atomic E-state index is 13.2. The SMILES string of the molecule is COC[C@H](NC(=O)c1ccc2c(c1)S(=O)(=O)CCOC2)c1cc2nc(-c3cccc(C4CC4)n3)ccc2cn1. The van der Waals surface area contributed by atoms with Crippen molar-refractivity contribution < 1.29 is 22.7 Å². The molecule has 4 aromatic rings. The van der Waals surface area contributed by atoms with Gasteiger partial charge in [0, 0.05) is 35.9 Å². The van der Waals surface area contributed by atoms with E-state index in [1.165, 1.54) is 18.9 Å². The summed E-state index contributed by atoms with van der Waals surface area (Å²) >= 11 is 0. The molecule has 200 valence electrons. The van der Waals surface area contributed by atoms with Gasteiger partial charge >= 0.3 is 0 Å². The van der Waals surface area contributed by atoms with Crippen molar-refractivity contribution in [1.29, 1.82) is 0 Å². The smallest absolute Gasteiger partial charge is 0.251 e. The van der Waals surface area contributed by atoms with E-state index >= 15 is 0 Å². The lowest BCUT2D eigenvalue weighted by atomic mass is 10.1. The number of fused-ring (bicyclic) bond motifs is 2. The van der Waals surface area contributed by atoms with Crippen LogP contribution in [0.5, 0.6) is 0 Å². The summed E-state index contributed by atoms with van der Waals surface area (Å²) < 4.78 is 36.1. The van der Waals surface area contributed by atoms with E-state index in [-0.39, 0.29) is 36.0 Å². The van der Waals surface area contributed by atoms with Crippen LogP contribution in [0, 0.1) is 0 Å². The summed E-state index contributed by atoms with van der Waals surface area (Å²) in [5.74, 6) is 0.00542. The lowest BCUT2D eigenvalue weighted by Gasteiger charge is -2.18. The van der Waals surface area contributed by atoms with Crippen molar-refractivity contribution >= 4 is 26.6 Å². The molecule has 39 heavy (non-hydrogen) atoms. The highest BCUT2D eigenvalue weighted by Crippen LogP contribution is 2.39. The summed E-state index contributed by atoms with van der Waals surface area (Å²) in [6.07, 6.45) is 4.08. The first kappa shape index (κ1) is 25.5. The number of nitrogens with one attached hydrogen (secondary N) is 1. The lowest BCUT2D eigenvalue weighted by molar-refractivity contribution is 0.0894. The molecule has 0 unspecified atom stereocenters. The van der Waals surface area contributed by atoms with E-state index in [0.29, 0.717) is 17.2 Å². The highest BCUT2D eigenvalue weighted by Gasteiger charge is 2.26. The van der Waals surface area contributed by atoms with Crippen LogP contribution in [-0.2, 0) is 25.9 Å². The number of amides is 1. The number of hydrogen-bond donors (Lipinski definition) is 1. The van der Waals surface area contributed by atoms with Crippen LogP contribution >= 0.6 is 0 Å². The molecule has 2 aliphatic rings. The first-order chi connectivity index (χ1) is 18.9. The third-order valence-electron chi connectivity index (χ3n) is 7.04. The van der Waals surface area contributed by atoms with Crippen LogP contribution in [0.25, 0.3) is 22.3 Å². The fraction of sp³-hybridized carbons (Fsp3) is 0.310. The Labute approximate surface area is 226 Å². The summed E-state index contributed by atoms with van der Waals surface area (Å²) in [6.45, 7) is 0.491. The van der Waals surface area contributed by atoms with Crippen molar-refractivity contribution in [2.75, 3.05) is 26.1 Å². The van der Waals surface area contributed by atoms with Crippen LogP contribution in [0.1, 0.15) is 52.1 Å². The Kier molecular flexibility index (Phi) is 6.84. The Morgan fingerprint density at radius 1 is 1.10 bits per heavy atom. The number of sulfone groups is 1. The Balaban J connectivity index is 1.28. The van der Waals surface area contributed by atoms with Crippen LogP contribution in [0.4, 0.5) is 0 Å². The molecule has 1 amide bonds. The first-order valence-electron chi connectivity index (χ1n) is 12.9. The normalized spacial score (nSPS) is 17.3. The molecule has 1 aliphatic heterocycles. The molecule has 0 saturated heterocycles. The Hall–Kier alpha value is -3.73. The number of carbonyl (C=O) groups excluding carboxylic acids is 1. The van der Waals surface area contributed by atoms with E-state index in [0.717, 1.165) is 28.0 Å². The minimum Gasteiger partial charge on any atom is -0.382 e. The summed E-state index contributed by atoms with van der Waals surface area (Å²) in [5, 5.41) is 3.81. The van der Waals surface area contributed by atoms with Gasteiger partial charge < -0.3 is 14.8 Å². The predicted octanol–water partition coefficient (Wildman–Crippen LogP) is 3.99. The third-order valence-corrected chi connectivity index (χ3v) is 8.79. The summed E-state index contributed by atoms with van der Waals surface area (Å²) in [7, 11) is -1.99. The molecule has 10 heteroatoms. The predicted molar refractivity (Wildman–Crippen MR) is 145 cm³/mol. The molecule has 1 fully saturated rings. The molecule has 1 N–H and O–H groups in total. The van der Waals surface area contributed by atoms with Gasteiger partial charge in [-0.1, -0.05) is 12.1 Å². The number of hydrogen-bond acceptors (Lipinski definition) is 8. The van der Waals surface area contributed by atoms with Gasteiger partial charge in [-0.2, -0.15) is 0 Å². The van der Waals surface area contributed by atoms with E-state index in [4.69, 9.17) is 19.4 Å². The maximum Gasteiger partial charge on any atom is 0.251 e. The molecule has 6 rings (SSSR count). The fourth-order valence-electron chi connectivity index (χ4n) is 4.74. The third kappa shape index (κ3) is 5.40. The molecular weight excluding hydrogens is 516 g/mol. The van der Waals surface area contributed by atoms with E-state index in [2.05, 4.69) is 16.4 Å². The Bertz CT molecular complexity index is 1670. The Morgan fingerprint density at radius 2 is 1.95 bits per heavy atom. The average molecular weight is 545 g/mol. The van der Waals surface area contributed by atoms with E-state index in [9.17, 15) is 13.2 Å². The lowest BCUT2D eigenvalue weighted by Crippen LogP contribution is -2.32. The molecule has 3 aromatic heterocycles. The monoisotopic (exact) mass is 544 g/mol. The zero-order valence-electron chi connectivity index (χ0n) is 21.5. The number of carbonyl (C=O) groups is 1. The summed E-state index contributed by atoms with van der Waals surface area (Å²) in [6, 6.07) is 15.9. The van der Waals surface area contributed by atoms with Gasteiger partial charge in [-0.25, -0.2) is 13.4 Å². The van der Waals surface area contributed by atoms with Crippen molar-refractivity contribution in [3.8, 4) is 11.4 Å². The number of rotatable bonds is 7. The fourth-order valence-corrected chi connectivity index (χ4v) is 6.13. The van der Waals surface area contributed by atoms with E-state index < -0.39 is 21.8 Å². The molecule has 1 saturated carbocycles. The minimum atomic E-state index is -3.54.